The first-order valence-corrected chi connectivity index (χ1v) is 5.96. The summed E-state index contributed by atoms with van der Waals surface area (Å²) in [5.41, 5.74) is 5.61. The number of methoxy groups -OCH3 is 1. The van der Waals surface area contributed by atoms with Gasteiger partial charge in [-0.25, -0.2) is 4.39 Å². The number of carbonyl (C=O) groups is 1. The highest BCUT2D eigenvalue weighted by atomic mass is 19.1. The largest absolute Gasteiger partial charge is 0.494 e. The Morgan fingerprint density at radius 2 is 2.28 bits per heavy atom. The van der Waals surface area contributed by atoms with Crippen molar-refractivity contribution in [2.24, 2.45) is 11.1 Å². The van der Waals surface area contributed by atoms with E-state index >= 15 is 0 Å². The Bertz CT molecular complexity index is 453. The van der Waals surface area contributed by atoms with Gasteiger partial charge in [0.25, 0.3) is 0 Å². The average Bonchev–Trinajstić information content (AvgIpc) is 2.28. The Hall–Kier alpha value is -1.62. The van der Waals surface area contributed by atoms with Gasteiger partial charge < -0.3 is 15.8 Å². The zero-order valence-corrected chi connectivity index (χ0v) is 10.3. The van der Waals surface area contributed by atoms with Crippen LogP contribution in [0.2, 0.25) is 0 Å². The van der Waals surface area contributed by atoms with E-state index in [2.05, 4.69) is 5.32 Å². The summed E-state index contributed by atoms with van der Waals surface area (Å²) in [5.74, 6) is -0.461. The van der Waals surface area contributed by atoms with Gasteiger partial charge in [-0.3, -0.25) is 4.79 Å². The minimum absolute atomic E-state index is 0.124. The van der Waals surface area contributed by atoms with E-state index in [4.69, 9.17) is 10.5 Å². The van der Waals surface area contributed by atoms with Crippen molar-refractivity contribution in [1.29, 1.82) is 0 Å². The van der Waals surface area contributed by atoms with E-state index in [0.29, 0.717) is 12.2 Å². The van der Waals surface area contributed by atoms with E-state index in [-0.39, 0.29) is 11.7 Å². The molecular formula is C13H17FN2O2. The highest BCUT2D eigenvalue weighted by Crippen LogP contribution is 2.40. The third-order valence-corrected chi connectivity index (χ3v) is 3.59. The molecule has 1 aromatic carbocycles. The molecule has 1 aromatic rings. The predicted molar refractivity (Wildman–Crippen MR) is 66.9 cm³/mol. The number of carbonyl (C=O) groups excluding carboxylic acids is 1. The molecule has 3 N–H and O–H groups in total. The fourth-order valence-corrected chi connectivity index (χ4v) is 2.14. The lowest BCUT2D eigenvalue weighted by atomic mass is 9.68. The first-order valence-electron chi connectivity index (χ1n) is 5.96. The van der Waals surface area contributed by atoms with Crippen LogP contribution in [0.15, 0.2) is 18.2 Å². The van der Waals surface area contributed by atoms with Gasteiger partial charge in [0.05, 0.1) is 12.5 Å². The third kappa shape index (κ3) is 2.18. The first kappa shape index (κ1) is 12.8. The lowest BCUT2D eigenvalue weighted by molar-refractivity contribution is -0.129. The Morgan fingerprint density at radius 1 is 1.56 bits per heavy atom. The van der Waals surface area contributed by atoms with E-state index in [1.54, 1.807) is 6.07 Å². The van der Waals surface area contributed by atoms with E-state index in [9.17, 15) is 9.18 Å². The Balaban J connectivity index is 2.10. The smallest absolute Gasteiger partial charge is 0.231 e. The van der Waals surface area contributed by atoms with Crippen LogP contribution >= 0.6 is 0 Å². The van der Waals surface area contributed by atoms with Crippen molar-refractivity contribution in [3.05, 3.63) is 24.0 Å². The van der Waals surface area contributed by atoms with Gasteiger partial charge in [-0.1, -0.05) is 6.42 Å². The molecule has 4 nitrogen and oxygen atoms in total. The van der Waals surface area contributed by atoms with Crippen LogP contribution in [0, 0.1) is 11.2 Å². The molecule has 1 amide bonds. The van der Waals surface area contributed by atoms with Crippen molar-refractivity contribution in [2.45, 2.75) is 19.3 Å². The molecule has 5 heteroatoms. The van der Waals surface area contributed by atoms with Crippen molar-refractivity contribution in [3.63, 3.8) is 0 Å². The number of nitrogens with one attached hydrogen (secondary N) is 1. The summed E-state index contributed by atoms with van der Waals surface area (Å²) in [6.45, 7) is 0.331. The van der Waals surface area contributed by atoms with E-state index < -0.39 is 11.2 Å². The van der Waals surface area contributed by atoms with E-state index in [1.165, 1.54) is 19.2 Å². The minimum Gasteiger partial charge on any atom is -0.494 e. The molecule has 0 aromatic heterocycles. The number of hydrogen-bond acceptors (Lipinski definition) is 3. The quantitative estimate of drug-likeness (QED) is 0.860. The van der Waals surface area contributed by atoms with Crippen LogP contribution in [0.5, 0.6) is 5.75 Å². The molecule has 1 aliphatic carbocycles. The Labute approximate surface area is 105 Å². The summed E-state index contributed by atoms with van der Waals surface area (Å²) in [6.07, 6.45) is 2.61. The number of ether oxygens (including phenoxy) is 1. The highest BCUT2D eigenvalue weighted by molar-refractivity contribution is 5.96. The molecule has 0 saturated heterocycles. The lowest BCUT2D eigenvalue weighted by Gasteiger charge is -2.39. The third-order valence-electron chi connectivity index (χ3n) is 3.59. The maximum absolute atomic E-state index is 13.5. The van der Waals surface area contributed by atoms with Crippen LogP contribution in [-0.4, -0.2) is 19.6 Å². The molecule has 0 unspecified atom stereocenters. The fourth-order valence-electron chi connectivity index (χ4n) is 2.14. The van der Waals surface area contributed by atoms with Crippen LogP contribution in [0.3, 0.4) is 0 Å². The number of anilines is 1. The lowest BCUT2D eigenvalue weighted by Crippen LogP contribution is -2.47. The molecule has 0 atom stereocenters. The van der Waals surface area contributed by atoms with Crippen LogP contribution in [0.4, 0.5) is 10.1 Å². The summed E-state index contributed by atoms with van der Waals surface area (Å²) in [4.78, 5) is 12.1. The van der Waals surface area contributed by atoms with Gasteiger partial charge >= 0.3 is 0 Å². The van der Waals surface area contributed by atoms with Crippen molar-refractivity contribution >= 4 is 11.6 Å². The topological polar surface area (TPSA) is 64.3 Å². The van der Waals surface area contributed by atoms with Crippen molar-refractivity contribution < 1.29 is 13.9 Å². The second-order valence-electron chi connectivity index (χ2n) is 4.64. The molecular weight excluding hydrogens is 235 g/mol. The van der Waals surface area contributed by atoms with Crippen LogP contribution < -0.4 is 15.8 Å². The fraction of sp³-hybridized carbons (Fsp3) is 0.462. The van der Waals surface area contributed by atoms with Crippen LogP contribution in [-0.2, 0) is 4.79 Å². The van der Waals surface area contributed by atoms with Crippen LogP contribution in [0.1, 0.15) is 19.3 Å². The highest BCUT2D eigenvalue weighted by Gasteiger charge is 2.42. The number of halogens is 1. The zero-order chi connectivity index (χ0) is 13.2. The molecule has 0 radical (unpaired) electrons. The molecule has 98 valence electrons. The van der Waals surface area contributed by atoms with Gasteiger partial charge in [0.1, 0.15) is 0 Å². The summed E-state index contributed by atoms with van der Waals surface area (Å²) in [7, 11) is 1.40. The number of nitrogens with two attached hydrogens (primary N) is 1. The standard InChI is InChI=1S/C13H17FN2O2/c1-18-11-4-3-9(7-10(11)14)16-12(17)13(8-15)5-2-6-13/h3-4,7H,2,5-6,8,15H2,1H3,(H,16,17). The SMILES string of the molecule is COc1ccc(NC(=O)C2(CN)CCC2)cc1F. The Morgan fingerprint density at radius 3 is 2.72 bits per heavy atom. The summed E-state index contributed by atoms with van der Waals surface area (Å²) >= 11 is 0. The molecule has 1 aliphatic rings. The van der Waals surface area contributed by atoms with Gasteiger partial charge in [0.15, 0.2) is 11.6 Å². The minimum atomic E-state index is -0.495. The maximum Gasteiger partial charge on any atom is 0.231 e. The number of rotatable bonds is 4. The Kier molecular flexibility index (Phi) is 3.52. The van der Waals surface area contributed by atoms with Gasteiger partial charge in [0.2, 0.25) is 5.91 Å². The summed E-state index contributed by atoms with van der Waals surface area (Å²) in [6, 6.07) is 4.35. The van der Waals surface area contributed by atoms with E-state index in [0.717, 1.165) is 19.3 Å². The summed E-state index contributed by atoms with van der Waals surface area (Å²) < 4.78 is 18.3. The predicted octanol–water partition coefficient (Wildman–Crippen LogP) is 1.90. The van der Waals surface area contributed by atoms with Crippen molar-refractivity contribution in [3.8, 4) is 5.75 Å². The first-order chi connectivity index (χ1) is 8.61. The van der Waals surface area contributed by atoms with Gasteiger partial charge in [-0.2, -0.15) is 0 Å². The summed E-state index contributed by atoms with van der Waals surface area (Å²) in [5, 5.41) is 2.71. The number of amides is 1. The van der Waals surface area contributed by atoms with Gasteiger partial charge in [0, 0.05) is 18.3 Å². The number of hydrogen-bond donors (Lipinski definition) is 2. The second kappa shape index (κ2) is 4.94. The molecule has 0 spiro atoms. The van der Waals surface area contributed by atoms with Gasteiger partial charge in [-0.05, 0) is 25.0 Å². The molecule has 0 aliphatic heterocycles. The normalized spacial score (nSPS) is 16.8. The molecule has 18 heavy (non-hydrogen) atoms. The molecule has 2 rings (SSSR count). The van der Waals surface area contributed by atoms with Crippen molar-refractivity contribution in [2.75, 3.05) is 19.0 Å². The molecule has 1 saturated carbocycles. The van der Waals surface area contributed by atoms with Gasteiger partial charge in [-0.15, -0.1) is 0 Å². The monoisotopic (exact) mass is 252 g/mol. The van der Waals surface area contributed by atoms with E-state index in [1.807, 2.05) is 0 Å². The molecule has 1 fully saturated rings. The molecule has 0 bridgehead atoms. The molecule has 0 heterocycles. The average molecular weight is 252 g/mol. The van der Waals surface area contributed by atoms with Crippen molar-refractivity contribution in [1.82, 2.24) is 0 Å². The maximum atomic E-state index is 13.5. The second-order valence-corrected chi connectivity index (χ2v) is 4.64. The zero-order valence-electron chi connectivity index (χ0n) is 10.3. The number of benzene rings is 1. The van der Waals surface area contributed by atoms with Crippen LogP contribution in [0.25, 0.3) is 0 Å².